The molecule has 0 rings (SSSR count). The van der Waals surface area contributed by atoms with Gasteiger partial charge in [0.25, 0.3) is 0 Å². The van der Waals surface area contributed by atoms with Gasteiger partial charge in [-0.15, -0.1) is 5.54 Å². The van der Waals surface area contributed by atoms with E-state index in [0.29, 0.717) is 0 Å². The molecule has 12 heavy (non-hydrogen) atoms. The summed E-state index contributed by atoms with van der Waals surface area (Å²) in [5, 5.41) is 8.94. The van der Waals surface area contributed by atoms with Crippen LogP contribution in [0.1, 0.15) is 0 Å². The molecule has 1 unspecified atom stereocenters. The smallest absolute Gasteiger partial charge is 0.134 e. The Kier molecular flexibility index (Phi) is 4.44. The number of rotatable bonds is 1. The van der Waals surface area contributed by atoms with Crippen LogP contribution in [0.5, 0.6) is 0 Å². The van der Waals surface area contributed by atoms with Crippen molar-refractivity contribution in [3.63, 3.8) is 0 Å². The molecule has 0 radical (unpaired) electrons. The summed E-state index contributed by atoms with van der Waals surface area (Å²) in [6, 6.07) is 0. The van der Waals surface area contributed by atoms with Crippen LogP contribution in [0.3, 0.4) is 0 Å². The number of hydrogen-bond donors (Lipinski definition) is 1. The van der Waals surface area contributed by atoms with Crippen molar-refractivity contribution >= 4 is 8.07 Å². The van der Waals surface area contributed by atoms with Crippen molar-refractivity contribution in [1.29, 1.82) is 0 Å². The number of hydrogen-bond acceptors (Lipinski definition) is 1. The van der Waals surface area contributed by atoms with Gasteiger partial charge >= 0.3 is 0 Å². The highest BCUT2D eigenvalue weighted by Gasteiger charge is 2.06. The normalized spacial score (nSPS) is 11.7. The maximum Gasteiger partial charge on any atom is 0.134 e. The molecule has 0 aromatic rings. The molecule has 0 aliphatic heterocycles. The Labute approximate surface area is 75.5 Å². The first kappa shape index (κ1) is 11.0. The molecule has 0 aromatic carbocycles. The van der Waals surface area contributed by atoms with Crippen molar-refractivity contribution in [3.8, 4) is 23.3 Å². The average Bonchev–Trinajstić information content (AvgIpc) is 1.96. The zero-order valence-corrected chi connectivity index (χ0v) is 8.81. The van der Waals surface area contributed by atoms with Gasteiger partial charge in [0.05, 0.1) is 0 Å². The van der Waals surface area contributed by atoms with Crippen molar-refractivity contribution in [2.45, 2.75) is 25.7 Å². The van der Waals surface area contributed by atoms with Crippen LogP contribution in [0.4, 0.5) is 0 Å². The van der Waals surface area contributed by atoms with E-state index in [9.17, 15) is 0 Å². The lowest BCUT2D eigenvalue weighted by atomic mass is 10.3. The Morgan fingerprint density at radius 3 is 2.33 bits per heavy atom. The highest BCUT2D eigenvalue weighted by atomic mass is 28.3. The second-order valence-corrected chi connectivity index (χ2v) is 8.20. The number of aliphatic hydroxyl groups is 1. The molecule has 0 saturated heterocycles. The molecule has 64 valence electrons. The Morgan fingerprint density at radius 2 is 1.92 bits per heavy atom. The van der Waals surface area contributed by atoms with Crippen molar-refractivity contribution in [3.05, 3.63) is 12.7 Å². The van der Waals surface area contributed by atoms with Crippen molar-refractivity contribution < 1.29 is 5.11 Å². The Balaban J connectivity index is 4.16. The third kappa shape index (κ3) is 7.15. The van der Waals surface area contributed by atoms with Gasteiger partial charge < -0.3 is 5.11 Å². The van der Waals surface area contributed by atoms with Crippen LogP contribution >= 0.6 is 0 Å². The van der Waals surface area contributed by atoms with Crippen LogP contribution < -0.4 is 0 Å². The second-order valence-electron chi connectivity index (χ2n) is 3.45. The van der Waals surface area contributed by atoms with Crippen molar-refractivity contribution in [2.24, 2.45) is 0 Å². The van der Waals surface area contributed by atoms with E-state index in [1.807, 2.05) is 0 Å². The topological polar surface area (TPSA) is 20.2 Å². The van der Waals surface area contributed by atoms with E-state index in [1.54, 1.807) is 0 Å². The van der Waals surface area contributed by atoms with Crippen molar-refractivity contribution in [2.75, 3.05) is 0 Å². The summed E-state index contributed by atoms with van der Waals surface area (Å²) >= 11 is 0. The second kappa shape index (κ2) is 4.82. The molecule has 1 N–H and O–H groups in total. The molecule has 1 atom stereocenters. The van der Waals surface area contributed by atoms with Gasteiger partial charge in [-0.25, -0.2) is 0 Å². The molecule has 0 aliphatic carbocycles. The molecular weight excluding hydrogens is 164 g/mol. The molecular formula is C10H14OSi. The van der Waals surface area contributed by atoms with Crippen LogP contribution in [-0.4, -0.2) is 19.3 Å². The van der Waals surface area contributed by atoms with Crippen molar-refractivity contribution in [1.82, 2.24) is 0 Å². The lowest BCUT2D eigenvalue weighted by molar-refractivity contribution is 0.281. The summed E-state index contributed by atoms with van der Waals surface area (Å²) in [7, 11) is -1.31. The van der Waals surface area contributed by atoms with E-state index < -0.39 is 14.2 Å². The summed E-state index contributed by atoms with van der Waals surface area (Å²) in [4.78, 5) is 0. The Morgan fingerprint density at radius 1 is 1.33 bits per heavy atom. The fourth-order valence-corrected chi connectivity index (χ4v) is 0.825. The molecule has 0 aromatic heterocycles. The lowest BCUT2D eigenvalue weighted by Crippen LogP contribution is -2.16. The van der Waals surface area contributed by atoms with E-state index in [2.05, 4.69) is 49.5 Å². The summed E-state index contributed by atoms with van der Waals surface area (Å²) in [6.45, 7) is 9.83. The predicted octanol–water partition coefficient (Wildman–Crippen LogP) is 1.42. The molecule has 0 fully saturated rings. The van der Waals surface area contributed by atoms with Crippen LogP contribution in [0.25, 0.3) is 0 Å². The largest absolute Gasteiger partial charge is 0.377 e. The first-order valence-corrected chi connectivity index (χ1v) is 7.29. The van der Waals surface area contributed by atoms with Gasteiger partial charge in [0.2, 0.25) is 0 Å². The van der Waals surface area contributed by atoms with Gasteiger partial charge in [-0.3, -0.25) is 0 Å². The minimum absolute atomic E-state index is 0.749. The Hall–Kier alpha value is -0.963. The van der Waals surface area contributed by atoms with E-state index in [0.717, 1.165) is 0 Å². The molecule has 0 bridgehead atoms. The fraction of sp³-hybridized carbons (Fsp3) is 0.400. The highest BCUT2D eigenvalue weighted by molar-refractivity contribution is 6.83. The van der Waals surface area contributed by atoms with Crippen LogP contribution in [0.15, 0.2) is 12.7 Å². The predicted molar refractivity (Wildman–Crippen MR) is 55.1 cm³/mol. The molecule has 2 heteroatoms. The molecule has 0 spiro atoms. The van der Waals surface area contributed by atoms with Crippen LogP contribution in [0, 0.1) is 23.3 Å². The first-order valence-electron chi connectivity index (χ1n) is 3.79. The van der Waals surface area contributed by atoms with E-state index in [-0.39, 0.29) is 0 Å². The van der Waals surface area contributed by atoms with Crippen LogP contribution in [0.2, 0.25) is 19.6 Å². The minimum Gasteiger partial charge on any atom is -0.377 e. The van der Waals surface area contributed by atoms with Gasteiger partial charge in [0.15, 0.2) is 0 Å². The van der Waals surface area contributed by atoms with Gasteiger partial charge in [-0.2, -0.15) is 0 Å². The minimum atomic E-state index is -1.31. The quantitative estimate of drug-likeness (QED) is 0.366. The standard InChI is InChI=1S/C10H14OSi/c1-5-10(11)8-6-7-9-12(2,3)4/h5,10-11H,1H2,2-4H3. The maximum atomic E-state index is 8.94. The zero-order chi connectivity index (χ0) is 9.61. The summed E-state index contributed by atoms with van der Waals surface area (Å²) in [5.41, 5.74) is 3.07. The fourth-order valence-electron chi connectivity index (χ4n) is 0.388. The molecule has 0 saturated carbocycles. The monoisotopic (exact) mass is 178 g/mol. The van der Waals surface area contributed by atoms with E-state index >= 15 is 0 Å². The van der Waals surface area contributed by atoms with Gasteiger partial charge in [-0.05, 0) is 11.8 Å². The van der Waals surface area contributed by atoms with Gasteiger partial charge in [-0.1, -0.05) is 38.2 Å². The van der Waals surface area contributed by atoms with E-state index in [1.165, 1.54) is 6.08 Å². The SMILES string of the molecule is C=CC(O)C#CC#C[Si](C)(C)C. The van der Waals surface area contributed by atoms with Gasteiger partial charge in [0.1, 0.15) is 14.2 Å². The number of aliphatic hydroxyl groups excluding tert-OH is 1. The molecule has 0 heterocycles. The lowest BCUT2D eigenvalue weighted by Gasteiger charge is -2.01. The maximum absolute atomic E-state index is 8.94. The third-order valence-corrected chi connectivity index (χ3v) is 1.82. The van der Waals surface area contributed by atoms with Gasteiger partial charge in [0, 0.05) is 0 Å². The average molecular weight is 178 g/mol. The van der Waals surface area contributed by atoms with Crippen LogP contribution in [-0.2, 0) is 0 Å². The molecule has 0 aliphatic rings. The summed E-state index contributed by atoms with van der Waals surface area (Å²) in [6.07, 6.45) is 0.629. The summed E-state index contributed by atoms with van der Waals surface area (Å²) < 4.78 is 0. The summed E-state index contributed by atoms with van der Waals surface area (Å²) in [5.74, 6) is 7.87. The van der Waals surface area contributed by atoms with E-state index in [4.69, 9.17) is 5.11 Å². The zero-order valence-electron chi connectivity index (χ0n) is 7.81. The molecule has 0 amide bonds. The highest BCUT2D eigenvalue weighted by Crippen LogP contribution is 1.95. The Bertz CT molecular complexity index is 264. The third-order valence-electron chi connectivity index (χ3n) is 0.943. The molecule has 1 nitrogen and oxygen atoms in total. The first-order chi connectivity index (χ1) is 5.45.